The quantitative estimate of drug-likeness (QED) is 0.223. The minimum atomic E-state index is -1.80. The minimum Gasteiger partial charge on any atom is -0.480 e. The summed E-state index contributed by atoms with van der Waals surface area (Å²) in [7, 11) is 0. The van der Waals surface area contributed by atoms with Crippen LogP contribution in [-0.2, 0) is 24.7 Å². The van der Waals surface area contributed by atoms with Crippen molar-refractivity contribution in [1.29, 1.82) is 0 Å². The smallest absolute Gasteiger partial charge is 0.328 e. The number of isothiocyanates is 1. The molecular weight excluding hydrogens is 489 g/mol. The van der Waals surface area contributed by atoms with Crippen LogP contribution in [-0.4, -0.2) is 92.0 Å². The van der Waals surface area contributed by atoms with Crippen LogP contribution in [0.2, 0.25) is 0 Å². The highest BCUT2D eigenvalue weighted by atomic mass is 35.5. The van der Waals surface area contributed by atoms with Gasteiger partial charge in [-0.2, -0.15) is 4.99 Å². The van der Waals surface area contributed by atoms with Crippen molar-refractivity contribution >= 4 is 71.8 Å². The number of rotatable bonds is 13. The Bertz CT molecular complexity index is 848. The molecule has 11 nitrogen and oxygen atoms in total. The van der Waals surface area contributed by atoms with Crippen molar-refractivity contribution < 1.29 is 39.6 Å². The van der Waals surface area contributed by atoms with E-state index in [1.54, 1.807) is 0 Å². The number of hydrogen-bond acceptors (Lipinski definition) is 8. The predicted molar refractivity (Wildman–Crippen MR) is 122 cm³/mol. The lowest BCUT2D eigenvalue weighted by molar-refractivity contribution is -0.155. The molecule has 0 aromatic heterocycles. The Kier molecular flexibility index (Phi) is 14.3. The molecule has 0 saturated carbocycles. The molecule has 0 aliphatic heterocycles. The van der Waals surface area contributed by atoms with Gasteiger partial charge in [-0.05, 0) is 36.8 Å². The van der Waals surface area contributed by atoms with Gasteiger partial charge in [0.2, 0.25) is 0 Å². The van der Waals surface area contributed by atoms with Gasteiger partial charge < -0.3 is 20.4 Å². The molecule has 0 radical (unpaired) electrons. The van der Waals surface area contributed by atoms with Crippen LogP contribution in [0.1, 0.15) is 12.5 Å². The minimum absolute atomic E-state index is 0. The second-order valence-electron chi connectivity index (χ2n) is 6.44. The first-order valence-electron chi connectivity index (χ1n) is 8.55. The number of benzene rings is 1. The number of nitrogens with zero attached hydrogens (tertiary/aromatic N) is 3. The van der Waals surface area contributed by atoms with Gasteiger partial charge >= 0.3 is 23.9 Å². The highest BCUT2D eigenvalue weighted by molar-refractivity contribution is 7.78. The summed E-state index contributed by atoms with van der Waals surface area (Å²) in [5, 5.41) is 39.3. The van der Waals surface area contributed by atoms with E-state index in [9.17, 15) is 29.4 Å². The Balaban J connectivity index is 0. The van der Waals surface area contributed by atoms with Crippen molar-refractivity contribution in [3.63, 3.8) is 0 Å². The van der Waals surface area contributed by atoms with Crippen molar-refractivity contribution in [1.82, 2.24) is 9.80 Å². The topological polar surface area (TPSA) is 168 Å². The molecule has 1 rings (SSSR count). The van der Waals surface area contributed by atoms with E-state index in [4.69, 9.17) is 10.2 Å². The largest absolute Gasteiger partial charge is 0.480 e. The first kappa shape index (κ1) is 31.6. The molecule has 0 aliphatic rings. The molecule has 0 bridgehead atoms. The zero-order valence-corrected chi connectivity index (χ0v) is 19.3. The second-order valence-corrected chi connectivity index (χ2v) is 6.62. The third-order valence-corrected chi connectivity index (χ3v) is 4.47. The van der Waals surface area contributed by atoms with Crippen LogP contribution in [0.5, 0.6) is 0 Å². The summed E-state index contributed by atoms with van der Waals surface area (Å²) in [6, 6.07) is 5.91. The van der Waals surface area contributed by atoms with Crippen molar-refractivity contribution in [2.45, 2.75) is 12.5 Å². The van der Waals surface area contributed by atoms with Crippen molar-refractivity contribution in [2.75, 3.05) is 32.7 Å². The van der Waals surface area contributed by atoms with Gasteiger partial charge in [-0.1, -0.05) is 12.1 Å². The van der Waals surface area contributed by atoms with Crippen molar-refractivity contribution in [3.05, 3.63) is 29.8 Å². The van der Waals surface area contributed by atoms with Gasteiger partial charge in [0.1, 0.15) is 5.54 Å². The number of carboxylic acids is 4. The molecule has 178 valence electrons. The van der Waals surface area contributed by atoms with Crippen LogP contribution >= 0.6 is 37.0 Å². The Morgan fingerprint density at radius 2 is 1.38 bits per heavy atom. The highest BCUT2D eigenvalue weighted by Crippen LogP contribution is 2.30. The van der Waals surface area contributed by atoms with Crippen LogP contribution in [0.15, 0.2) is 29.3 Å². The maximum atomic E-state index is 12.2. The maximum Gasteiger partial charge on any atom is 0.328 e. The fourth-order valence-corrected chi connectivity index (χ4v) is 2.94. The monoisotopic (exact) mass is 511 g/mol. The van der Waals surface area contributed by atoms with Crippen LogP contribution < -0.4 is 0 Å². The number of hydrogen-bond donors (Lipinski definition) is 4. The van der Waals surface area contributed by atoms with Crippen LogP contribution in [0.3, 0.4) is 0 Å². The number of aliphatic imine (C=N–C) groups is 1. The molecule has 0 aliphatic carbocycles. The van der Waals surface area contributed by atoms with Crippen LogP contribution in [0.4, 0.5) is 5.69 Å². The van der Waals surface area contributed by atoms with E-state index >= 15 is 0 Å². The standard InChI is InChI=1S/C18H21N3O8S.2ClH/c1-18(17(28)29,12-2-4-13(5-3-12)19-11-30)21(10-16(26)27)7-6-20(8-14(22)23)9-15(24)25;;/h2-5H,6-10H2,1H3,(H,22,23)(H,24,25)(H,26,27)(H,28,29);2*1H/t18-;;/m1../s1. The van der Waals surface area contributed by atoms with Crippen LogP contribution in [0.25, 0.3) is 0 Å². The van der Waals surface area contributed by atoms with Gasteiger partial charge in [0, 0.05) is 13.1 Å². The molecule has 32 heavy (non-hydrogen) atoms. The lowest BCUT2D eigenvalue weighted by Gasteiger charge is -2.38. The summed E-state index contributed by atoms with van der Waals surface area (Å²) in [5.74, 6) is -5.17. The summed E-state index contributed by atoms with van der Waals surface area (Å²) in [6.07, 6.45) is 0. The molecule has 0 heterocycles. The molecule has 0 unspecified atom stereocenters. The molecule has 0 fully saturated rings. The molecule has 4 N–H and O–H groups in total. The van der Waals surface area contributed by atoms with Gasteiger partial charge in [0.05, 0.1) is 30.5 Å². The number of halogens is 2. The molecule has 1 aromatic rings. The summed E-state index contributed by atoms with van der Waals surface area (Å²) >= 11 is 4.52. The maximum absolute atomic E-state index is 12.2. The lowest BCUT2D eigenvalue weighted by atomic mass is 9.89. The first-order chi connectivity index (χ1) is 14.0. The van der Waals surface area contributed by atoms with Crippen molar-refractivity contribution in [2.24, 2.45) is 4.99 Å². The van der Waals surface area contributed by atoms with Crippen molar-refractivity contribution in [3.8, 4) is 0 Å². The highest BCUT2D eigenvalue weighted by Gasteiger charge is 2.42. The fourth-order valence-electron chi connectivity index (χ4n) is 2.84. The van der Waals surface area contributed by atoms with E-state index < -0.39 is 49.1 Å². The molecule has 14 heteroatoms. The molecule has 1 atom stereocenters. The summed E-state index contributed by atoms with van der Waals surface area (Å²) in [6.45, 7) is -0.939. The Morgan fingerprint density at radius 1 is 0.906 bits per heavy atom. The Hall–Kier alpha value is -2.60. The molecule has 0 saturated heterocycles. The van der Waals surface area contributed by atoms with Gasteiger partial charge in [0.25, 0.3) is 0 Å². The fraction of sp³-hybridized carbons (Fsp3) is 0.389. The van der Waals surface area contributed by atoms with E-state index in [1.807, 2.05) is 0 Å². The van der Waals surface area contributed by atoms with Gasteiger partial charge in [0.15, 0.2) is 0 Å². The summed E-state index contributed by atoms with van der Waals surface area (Å²) in [5.41, 5.74) is -1.11. The van der Waals surface area contributed by atoms with E-state index in [0.717, 1.165) is 9.80 Å². The van der Waals surface area contributed by atoms with E-state index in [1.165, 1.54) is 31.2 Å². The third-order valence-electron chi connectivity index (χ3n) is 4.38. The molecule has 1 aromatic carbocycles. The van der Waals surface area contributed by atoms with Gasteiger partial charge in [-0.25, -0.2) is 4.79 Å². The number of aliphatic carboxylic acids is 4. The molecular formula is C18H23Cl2N3O8S. The third kappa shape index (κ3) is 9.27. The number of carbonyl (C=O) groups is 4. The van der Waals surface area contributed by atoms with E-state index in [0.29, 0.717) is 5.69 Å². The average Bonchev–Trinajstić information content (AvgIpc) is 2.63. The second kappa shape index (κ2) is 14.5. The summed E-state index contributed by atoms with van der Waals surface area (Å²) < 4.78 is 0. The molecule has 0 spiro atoms. The summed E-state index contributed by atoms with van der Waals surface area (Å²) in [4.78, 5) is 51.5. The Labute approximate surface area is 201 Å². The zero-order chi connectivity index (χ0) is 22.9. The Morgan fingerprint density at radius 3 is 1.75 bits per heavy atom. The van der Waals surface area contributed by atoms with Gasteiger partial charge in [-0.3, -0.25) is 24.2 Å². The van der Waals surface area contributed by atoms with Gasteiger partial charge in [-0.15, -0.1) is 24.8 Å². The van der Waals surface area contributed by atoms with Crippen LogP contribution in [0, 0.1) is 0 Å². The first-order valence-corrected chi connectivity index (χ1v) is 8.96. The zero-order valence-electron chi connectivity index (χ0n) is 16.8. The number of carboxylic acid groups (broad SMARTS) is 4. The lowest BCUT2D eigenvalue weighted by Crippen LogP contribution is -2.54. The SMILES string of the molecule is C[C@](C(=O)O)(c1ccc(N=C=S)cc1)N(CCN(CC(=O)O)CC(=O)O)CC(=O)O.Cl.Cl. The average molecular weight is 512 g/mol. The normalized spacial score (nSPS) is 12.0. The predicted octanol–water partition coefficient (Wildman–Crippen LogP) is 1.42. The molecule has 0 amide bonds. The number of thiocarbonyl (C=S) groups is 1. The van der Waals surface area contributed by atoms with E-state index in [2.05, 4.69) is 22.4 Å². The van der Waals surface area contributed by atoms with E-state index in [-0.39, 0.29) is 43.5 Å².